The standard InChI is InChI=1S/C23H17F3N4O3/c1-33-19(14-8-4-5-9-15(14)23(24,25)26)21(31)28-16-12-6-2-3-7-13(12)17-18(16)30-11-10-27-20(30)22(32)29-17/h2-11,16,19H,1H3,(H,28,31)(H,29,32)/t16-,19-/m1/s1. The van der Waals surface area contributed by atoms with Crippen LogP contribution in [0, 0.1) is 0 Å². The average Bonchev–Trinajstić information content (AvgIpc) is 3.38. The zero-order valence-corrected chi connectivity index (χ0v) is 17.2. The lowest BCUT2D eigenvalue weighted by Crippen LogP contribution is -2.35. The van der Waals surface area contributed by atoms with Gasteiger partial charge in [0.15, 0.2) is 6.10 Å². The Hall–Kier alpha value is -3.92. The molecule has 4 aromatic rings. The summed E-state index contributed by atoms with van der Waals surface area (Å²) in [5, 5.41) is 2.82. The first-order chi connectivity index (χ1) is 15.8. The first kappa shape index (κ1) is 21.0. The molecule has 0 saturated carbocycles. The quantitative estimate of drug-likeness (QED) is 0.493. The molecule has 10 heteroatoms. The molecule has 7 nitrogen and oxygen atoms in total. The molecular formula is C23H17F3N4O3. The molecule has 2 aromatic carbocycles. The van der Waals surface area contributed by atoms with Crippen molar-refractivity contribution in [2.75, 3.05) is 7.11 Å². The number of methoxy groups -OCH3 is 1. The predicted molar refractivity (Wildman–Crippen MR) is 112 cm³/mol. The van der Waals surface area contributed by atoms with Crippen LogP contribution in [-0.4, -0.2) is 27.4 Å². The maximum Gasteiger partial charge on any atom is 0.416 e. The van der Waals surface area contributed by atoms with Crippen LogP contribution in [0.2, 0.25) is 0 Å². The van der Waals surface area contributed by atoms with E-state index in [9.17, 15) is 22.8 Å². The lowest BCUT2D eigenvalue weighted by atomic mass is 10.00. The Labute approximate surface area is 184 Å². The van der Waals surface area contributed by atoms with Gasteiger partial charge >= 0.3 is 6.18 Å². The fraction of sp³-hybridized carbons (Fsp3) is 0.174. The minimum Gasteiger partial charge on any atom is -0.367 e. The summed E-state index contributed by atoms with van der Waals surface area (Å²) >= 11 is 0. The van der Waals surface area contributed by atoms with Crippen molar-refractivity contribution < 1.29 is 22.7 Å². The van der Waals surface area contributed by atoms with Gasteiger partial charge in [-0.1, -0.05) is 42.5 Å². The lowest BCUT2D eigenvalue weighted by Gasteiger charge is -2.23. The van der Waals surface area contributed by atoms with Crippen LogP contribution in [0.25, 0.3) is 16.9 Å². The number of hydrogen-bond acceptors (Lipinski definition) is 4. The van der Waals surface area contributed by atoms with Gasteiger partial charge in [0, 0.05) is 30.6 Å². The van der Waals surface area contributed by atoms with Gasteiger partial charge in [-0.2, -0.15) is 13.2 Å². The van der Waals surface area contributed by atoms with E-state index in [0.717, 1.165) is 6.07 Å². The molecule has 2 N–H and O–H groups in total. The Balaban J connectivity index is 1.60. The third kappa shape index (κ3) is 3.30. The molecule has 33 heavy (non-hydrogen) atoms. The molecule has 5 rings (SSSR count). The summed E-state index contributed by atoms with van der Waals surface area (Å²) in [6.07, 6.45) is -3.09. The molecule has 168 valence electrons. The smallest absolute Gasteiger partial charge is 0.367 e. The Morgan fingerprint density at radius 3 is 2.67 bits per heavy atom. The molecule has 0 fully saturated rings. The molecule has 1 amide bonds. The van der Waals surface area contributed by atoms with Gasteiger partial charge in [-0.3, -0.25) is 14.0 Å². The van der Waals surface area contributed by atoms with Crippen molar-refractivity contribution in [1.82, 2.24) is 19.7 Å². The normalized spacial score (nSPS) is 15.8. The summed E-state index contributed by atoms with van der Waals surface area (Å²) in [6.45, 7) is 0. The molecule has 0 aliphatic heterocycles. The van der Waals surface area contributed by atoms with Crippen LogP contribution in [-0.2, 0) is 15.7 Å². The van der Waals surface area contributed by atoms with Crippen molar-refractivity contribution in [3.8, 4) is 11.3 Å². The van der Waals surface area contributed by atoms with Crippen LogP contribution >= 0.6 is 0 Å². The average molecular weight is 454 g/mol. The molecule has 0 unspecified atom stereocenters. The Morgan fingerprint density at radius 2 is 1.91 bits per heavy atom. The number of amides is 1. The van der Waals surface area contributed by atoms with E-state index >= 15 is 0 Å². The van der Waals surface area contributed by atoms with Crippen molar-refractivity contribution in [2.24, 2.45) is 0 Å². The summed E-state index contributed by atoms with van der Waals surface area (Å²) in [5.41, 5.74) is 0.978. The first-order valence-corrected chi connectivity index (χ1v) is 9.99. The summed E-state index contributed by atoms with van der Waals surface area (Å²) in [6, 6.07) is 11.2. The van der Waals surface area contributed by atoms with Crippen molar-refractivity contribution in [2.45, 2.75) is 18.3 Å². The van der Waals surface area contributed by atoms with Crippen molar-refractivity contribution >= 4 is 11.6 Å². The fourth-order valence-electron chi connectivity index (χ4n) is 4.36. The van der Waals surface area contributed by atoms with Crippen LogP contribution in [0.5, 0.6) is 0 Å². The van der Waals surface area contributed by atoms with E-state index in [2.05, 4.69) is 15.3 Å². The number of aromatic nitrogens is 3. The Bertz CT molecular complexity index is 1440. The number of carbonyl (C=O) groups is 1. The highest BCUT2D eigenvalue weighted by atomic mass is 19.4. The summed E-state index contributed by atoms with van der Waals surface area (Å²) < 4.78 is 47.5. The molecular weight excluding hydrogens is 437 g/mol. The van der Waals surface area contributed by atoms with Gasteiger partial charge in [0.2, 0.25) is 5.65 Å². The minimum absolute atomic E-state index is 0.145. The number of carbonyl (C=O) groups excluding carboxylic acids is 1. The van der Waals surface area contributed by atoms with Crippen molar-refractivity contribution in [3.05, 3.63) is 93.7 Å². The molecule has 0 bridgehead atoms. The molecule has 2 atom stereocenters. The highest BCUT2D eigenvalue weighted by Crippen LogP contribution is 2.42. The molecule has 0 spiro atoms. The molecule has 2 heterocycles. The van der Waals surface area contributed by atoms with Crippen LogP contribution in [0.1, 0.15) is 34.5 Å². The van der Waals surface area contributed by atoms with Gasteiger partial charge in [-0.15, -0.1) is 0 Å². The SMILES string of the molecule is CO[C@@H](C(=O)N[C@@H]1c2ccccc2-c2[nH]c(=O)c3nccn3c21)c1ccccc1C(F)(F)F. The number of ether oxygens (including phenoxy) is 1. The second-order valence-corrected chi connectivity index (χ2v) is 7.56. The van der Waals surface area contributed by atoms with Gasteiger partial charge in [0.1, 0.15) is 0 Å². The number of nitrogens with zero attached hydrogens (tertiary/aromatic N) is 2. The highest BCUT2D eigenvalue weighted by molar-refractivity contribution is 5.86. The maximum atomic E-state index is 13.6. The van der Waals surface area contributed by atoms with E-state index in [4.69, 9.17) is 4.74 Å². The molecule has 1 aliphatic carbocycles. The topological polar surface area (TPSA) is 88.5 Å². The van der Waals surface area contributed by atoms with Gasteiger partial charge in [0.05, 0.1) is 23.0 Å². The number of nitrogens with one attached hydrogen (secondary N) is 2. The number of H-pyrrole nitrogens is 1. The van der Waals surface area contributed by atoms with E-state index in [-0.39, 0.29) is 11.2 Å². The maximum absolute atomic E-state index is 13.6. The van der Waals surface area contributed by atoms with E-state index in [0.29, 0.717) is 22.5 Å². The predicted octanol–water partition coefficient (Wildman–Crippen LogP) is 3.62. The number of aromatic amines is 1. The van der Waals surface area contributed by atoms with Crippen LogP contribution in [0.15, 0.2) is 65.7 Å². The van der Waals surface area contributed by atoms with Gasteiger partial charge < -0.3 is 15.0 Å². The number of imidazole rings is 1. The highest BCUT2D eigenvalue weighted by Gasteiger charge is 2.39. The zero-order chi connectivity index (χ0) is 23.3. The van der Waals surface area contributed by atoms with Crippen molar-refractivity contribution in [1.29, 1.82) is 0 Å². The third-order valence-corrected chi connectivity index (χ3v) is 5.72. The third-order valence-electron chi connectivity index (χ3n) is 5.72. The Kier molecular flexibility index (Phi) is 4.82. The van der Waals surface area contributed by atoms with Crippen molar-refractivity contribution in [3.63, 3.8) is 0 Å². The van der Waals surface area contributed by atoms with Crippen LogP contribution in [0.3, 0.4) is 0 Å². The summed E-state index contributed by atoms with van der Waals surface area (Å²) in [7, 11) is 1.18. The number of fused-ring (bicyclic) bond motifs is 5. The van der Waals surface area contributed by atoms with E-state index in [1.165, 1.54) is 31.5 Å². The van der Waals surface area contributed by atoms with Crippen LogP contribution in [0.4, 0.5) is 13.2 Å². The summed E-state index contributed by atoms with van der Waals surface area (Å²) in [4.78, 5) is 32.6. The second kappa shape index (κ2) is 7.59. The molecule has 2 aromatic heterocycles. The minimum atomic E-state index is -4.65. The number of rotatable bonds is 4. The van der Waals surface area contributed by atoms with Gasteiger partial charge in [0.25, 0.3) is 11.5 Å². The number of hydrogen-bond donors (Lipinski definition) is 2. The fourth-order valence-corrected chi connectivity index (χ4v) is 4.36. The van der Waals surface area contributed by atoms with Gasteiger partial charge in [-0.05, 0) is 11.6 Å². The second-order valence-electron chi connectivity index (χ2n) is 7.56. The largest absolute Gasteiger partial charge is 0.416 e. The summed E-state index contributed by atoms with van der Waals surface area (Å²) in [5.74, 6) is -0.749. The van der Waals surface area contributed by atoms with Gasteiger partial charge in [-0.25, -0.2) is 4.98 Å². The number of alkyl halides is 3. The zero-order valence-electron chi connectivity index (χ0n) is 17.2. The van der Waals surface area contributed by atoms with Crippen LogP contribution < -0.4 is 10.9 Å². The van der Waals surface area contributed by atoms with E-state index in [1.54, 1.807) is 34.9 Å². The van der Waals surface area contributed by atoms with E-state index in [1.807, 2.05) is 0 Å². The molecule has 1 aliphatic rings. The van der Waals surface area contributed by atoms with E-state index < -0.39 is 35.4 Å². The number of benzene rings is 2. The monoisotopic (exact) mass is 454 g/mol. The Morgan fingerprint density at radius 1 is 1.18 bits per heavy atom. The molecule has 0 saturated heterocycles. The molecule has 0 radical (unpaired) electrons. The number of halogens is 3. The first-order valence-electron chi connectivity index (χ1n) is 9.99. The lowest BCUT2D eigenvalue weighted by molar-refractivity contribution is -0.141.